The molecule has 1 heterocycles. The fourth-order valence-corrected chi connectivity index (χ4v) is 3.07. The number of hydrogen-bond donors (Lipinski definition) is 0. The van der Waals surface area contributed by atoms with Crippen molar-refractivity contribution in [2.24, 2.45) is 0 Å². The lowest BCUT2D eigenvalue weighted by Gasteiger charge is -2.25. The Kier molecular flexibility index (Phi) is 3.89. The highest BCUT2D eigenvalue weighted by atomic mass is 79.9. The molecule has 102 valence electrons. The molecule has 20 heavy (non-hydrogen) atoms. The Balaban J connectivity index is 1.97. The third-order valence-electron chi connectivity index (χ3n) is 3.20. The van der Waals surface area contributed by atoms with Crippen molar-refractivity contribution in [3.05, 3.63) is 61.5 Å². The predicted molar refractivity (Wildman–Crippen MR) is 85.6 cm³/mol. The van der Waals surface area contributed by atoms with Gasteiger partial charge in [0.2, 0.25) is 0 Å². The molecule has 0 radical (unpaired) electrons. The summed E-state index contributed by atoms with van der Waals surface area (Å²) in [5, 5.41) is 0.639. The Morgan fingerprint density at radius 1 is 1.15 bits per heavy atom. The van der Waals surface area contributed by atoms with Gasteiger partial charge in [0.15, 0.2) is 5.78 Å². The quantitative estimate of drug-likeness (QED) is 0.607. The van der Waals surface area contributed by atoms with E-state index in [2.05, 4.69) is 31.9 Å². The van der Waals surface area contributed by atoms with Crippen LogP contribution < -0.4 is 4.74 Å². The SMILES string of the molecule is O=C1CC(c2ccc(Cl)c(Br)c2)Oc2ccc(Br)cc21. The summed E-state index contributed by atoms with van der Waals surface area (Å²) in [6.07, 6.45) is 0.0575. The molecule has 5 heteroatoms. The number of hydrogen-bond acceptors (Lipinski definition) is 2. The zero-order chi connectivity index (χ0) is 14.3. The van der Waals surface area contributed by atoms with E-state index in [0.29, 0.717) is 22.8 Å². The van der Waals surface area contributed by atoms with E-state index in [1.54, 1.807) is 12.1 Å². The summed E-state index contributed by atoms with van der Waals surface area (Å²) in [4.78, 5) is 12.2. The number of benzene rings is 2. The maximum Gasteiger partial charge on any atom is 0.170 e. The Hall–Kier alpha value is -0.840. The van der Waals surface area contributed by atoms with Gasteiger partial charge in [-0.1, -0.05) is 33.6 Å². The molecular weight excluding hydrogens is 407 g/mol. The molecule has 0 bridgehead atoms. The number of halogens is 3. The third-order valence-corrected chi connectivity index (χ3v) is 4.90. The second-order valence-corrected chi connectivity index (χ2v) is 6.73. The van der Waals surface area contributed by atoms with E-state index < -0.39 is 0 Å². The van der Waals surface area contributed by atoms with Crippen LogP contribution in [0.5, 0.6) is 5.75 Å². The van der Waals surface area contributed by atoms with Gasteiger partial charge in [-0.2, -0.15) is 0 Å². The van der Waals surface area contributed by atoms with Crippen molar-refractivity contribution in [1.82, 2.24) is 0 Å². The Morgan fingerprint density at radius 2 is 1.95 bits per heavy atom. The van der Waals surface area contributed by atoms with Crippen molar-refractivity contribution in [1.29, 1.82) is 0 Å². The van der Waals surface area contributed by atoms with Crippen molar-refractivity contribution in [3.63, 3.8) is 0 Å². The van der Waals surface area contributed by atoms with Crippen LogP contribution >= 0.6 is 43.5 Å². The molecule has 3 rings (SSSR count). The minimum atomic E-state index is -0.273. The molecule has 1 atom stereocenters. The van der Waals surface area contributed by atoms with Crippen molar-refractivity contribution < 1.29 is 9.53 Å². The molecule has 0 spiro atoms. The highest BCUT2D eigenvalue weighted by Crippen LogP contribution is 2.37. The first kappa shape index (κ1) is 14.1. The molecule has 0 N–H and O–H groups in total. The first-order valence-corrected chi connectivity index (χ1v) is 7.95. The van der Waals surface area contributed by atoms with Gasteiger partial charge in [-0.15, -0.1) is 0 Å². The van der Waals surface area contributed by atoms with Gasteiger partial charge in [0.1, 0.15) is 11.9 Å². The number of ether oxygens (including phenoxy) is 1. The molecule has 1 unspecified atom stereocenters. The number of carbonyl (C=O) groups is 1. The topological polar surface area (TPSA) is 26.3 Å². The average molecular weight is 416 g/mol. The van der Waals surface area contributed by atoms with Gasteiger partial charge in [0.25, 0.3) is 0 Å². The van der Waals surface area contributed by atoms with E-state index in [-0.39, 0.29) is 11.9 Å². The summed E-state index contributed by atoms with van der Waals surface area (Å²) in [5.74, 6) is 0.712. The van der Waals surface area contributed by atoms with Crippen molar-refractivity contribution in [2.75, 3.05) is 0 Å². The van der Waals surface area contributed by atoms with Crippen LogP contribution in [-0.4, -0.2) is 5.78 Å². The van der Waals surface area contributed by atoms with Gasteiger partial charge in [-0.25, -0.2) is 0 Å². The van der Waals surface area contributed by atoms with E-state index in [4.69, 9.17) is 16.3 Å². The van der Waals surface area contributed by atoms with Gasteiger partial charge in [0, 0.05) is 8.95 Å². The highest BCUT2D eigenvalue weighted by Gasteiger charge is 2.28. The maximum atomic E-state index is 12.2. The van der Waals surface area contributed by atoms with Gasteiger partial charge in [-0.05, 0) is 51.8 Å². The average Bonchev–Trinajstić information content (AvgIpc) is 2.42. The number of rotatable bonds is 1. The summed E-state index contributed by atoms with van der Waals surface area (Å²) in [5.41, 5.74) is 1.56. The summed E-state index contributed by atoms with van der Waals surface area (Å²) in [7, 11) is 0. The zero-order valence-electron chi connectivity index (χ0n) is 10.2. The molecule has 0 aliphatic carbocycles. The Bertz CT molecular complexity index is 700. The van der Waals surface area contributed by atoms with Crippen molar-refractivity contribution >= 4 is 49.2 Å². The predicted octanol–water partition coefficient (Wildman–Crippen LogP) is 5.57. The number of fused-ring (bicyclic) bond motifs is 1. The van der Waals surface area contributed by atoms with Crippen LogP contribution in [0.2, 0.25) is 5.02 Å². The van der Waals surface area contributed by atoms with E-state index in [9.17, 15) is 4.79 Å². The van der Waals surface area contributed by atoms with Crippen LogP contribution in [0.1, 0.15) is 28.4 Å². The second-order valence-electron chi connectivity index (χ2n) is 4.55. The van der Waals surface area contributed by atoms with Crippen molar-refractivity contribution in [2.45, 2.75) is 12.5 Å². The normalized spacial score (nSPS) is 17.6. The summed E-state index contributed by atoms with van der Waals surface area (Å²) in [6, 6.07) is 11.1. The number of carbonyl (C=O) groups excluding carboxylic acids is 1. The minimum Gasteiger partial charge on any atom is -0.484 e. The lowest BCUT2D eigenvalue weighted by Crippen LogP contribution is -2.20. The maximum absolute atomic E-state index is 12.2. The molecule has 0 saturated heterocycles. The Labute approximate surface area is 138 Å². The van der Waals surface area contributed by atoms with E-state index >= 15 is 0 Å². The number of Topliss-reactive ketones (excluding diaryl/α,β-unsaturated/α-hetero) is 1. The standard InChI is InChI=1S/C15H9Br2ClO2/c16-9-2-4-14-10(6-9)13(19)7-15(20-14)8-1-3-12(18)11(17)5-8/h1-6,15H,7H2. The van der Waals surface area contributed by atoms with E-state index in [1.807, 2.05) is 24.3 Å². The molecule has 2 aromatic rings. The summed E-state index contributed by atoms with van der Waals surface area (Å²) >= 11 is 12.7. The second kappa shape index (κ2) is 5.51. The molecule has 0 amide bonds. The zero-order valence-corrected chi connectivity index (χ0v) is 14.1. The molecule has 1 aliphatic rings. The minimum absolute atomic E-state index is 0.0867. The van der Waals surface area contributed by atoms with Crippen LogP contribution in [0.3, 0.4) is 0 Å². The Morgan fingerprint density at radius 3 is 2.70 bits per heavy atom. The molecule has 1 aliphatic heterocycles. The third kappa shape index (κ3) is 2.65. The highest BCUT2D eigenvalue weighted by molar-refractivity contribution is 9.10. The van der Waals surface area contributed by atoms with Gasteiger partial charge >= 0.3 is 0 Å². The fourth-order valence-electron chi connectivity index (χ4n) is 2.19. The van der Waals surface area contributed by atoms with Crippen molar-refractivity contribution in [3.8, 4) is 5.75 Å². The monoisotopic (exact) mass is 414 g/mol. The van der Waals surface area contributed by atoms with E-state index in [1.165, 1.54) is 0 Å². The molecule has 2 aromatic carbocycles. The molecule has 0 aromatic heterocycles. The molecule has 0 saturated carbocycles. The van der Waals surface area contributed by atoms with Crippen LogP contribution in [0.4, 0.5) is 0 Å². The van der Waals surface area contributed by atoms with Crippen LogP contribution in [0.25, 0.3) is 0 Å². The fraction of sp³-hybridized carbons (Fsp3) is 0.133. The van der Waals surface area contributed by atoms with Gasteiger partial charge < -0.3 is 4.74 Å². The first-order valence-electron chi connectivity index (χ1n) is 5.99. The molecule has 0 fully saturated rings. The molecular formula is C15H9Br2ClO2. The lowest BCUT2D eigenvalue weighted by molar-refractivity contribution is 0.0850. The largest absolute Gasteiger partial charge is 0.484 e. The van der Waals surface area contributed by atoms with Crippen LogP contribution in [-0.2, 0) is 0 Å². The van der Waals surface area contributed by atoms with Crippen LogP contribution in [0, 0.1) is 0 Å². The first-order chi connectivity index (χ1) is 9.54. The lowest BCUT2D eigenvalue weighted by atomic mass is 9.96. The van der Waals surface area contributed by atoms with Gasteiger partial charge in [0.05, 0.1) is 17.0 Å². The number of ketones is 1. The smallest absolute Gasteiger partial charge is 0.170 e. The van der Waals surface area contributed by atoms with Gasteiger partial charge in [-0.3, -0.25) is 4.79 Å². The summed E-state index contributed by atoms with van der Waals surface area (Å²) in [6.45, 7) is 0. The molecule has 2 nitrogen and oxygen atoms in total. The summed E-state index contributed by atoms with van der Waals surface area (Å²) < 4.78 is 7.61. The van der Waals surface area contributed by atoms with Crippen LogP contribution in [0.15, 0.2) is 45.3 Å². The van der Waals surface area contributed by atoms with E-state index in [0.717, 1.165) is 14.5 Å².